The Bertz CT molecular complexity index is 399. The highest BCUT2D eigenvalue weighted by atomic mass is 16.5. The van der Waals surface area contributed by atoms with Crippen LogP contribution in [-0.4, -0.2) is 54.8 Å². The lowest BCUT2D eigenvalue weighted by molar-refractivity contribution is 0.0916. The van der Waals surface area contributed by atoms with E-state index in [0.29, 0.717) is 5.92 Å². The van der Waals surface area contributed by atoms with Gasteiger partial charge in [0.25, 0.3) is 0 Å². The van der Waals surface area contributed by atoms with Crippen molar-refractivity contribution in [1.82, 2.24) is 14.9 Å². The highest BCUT2D eigenvalue weighted by Crippen LogP contribution is 2.22. The van der Waals surface area contributed by atoms with Crippen LogP contribution in [0.1, 0.15) is 25.5 Å². The molecule has 5 nitrogen and oxygen atoms in total. The van der Waals surface area contributed by atoms with Crippen LogP contribution < -0.4 is 5.32 Å². The number of nitrogens with one attached hydrogen (secondary N) is 1. The zero-order valence-corrected chi connectivity index (χ0v) is 12.6. The summed E-state index contributed by atoms with van der Waals surface area (Å²) in [6, 6.07) is 0. The van der Waals surface area contributed by atoms with Crippen LogP contribution in [0.4, 0.5) is 5.82 Å². The molecule has 0 spiro atoms. The van der Waals surface area contributed by atoms with Crippen molar-refractivity contribution < 1.29 is 4.74 Å². The van der Waals surface area contributed by atoms with Crippen LogP contribution in [0.25, 0.3) is 0 Å². The van der Waals surface area contributed by atoms with E-state index in [9.17, 15) is 0 Å². The number of ether oxygens (including phenoxy) is 1. The first kappa shape index (κ1) is 15.2. The number of rotatable bonds is 7. The van der Waals surface area contributed by atoms with Crippen molar-refractivity contribution in [2.75, 3.05) is 45.2 Å². The molecule has 0 unspecified atom stereocenters. The second-order valence-corrected chi connectivity index (χ2v) is 5.31. The SMILES string of the molecule is CCOCCN1CCC[C@@H](Cc2nccnc2NC)C1. The molecule has 20 heavy (non-hydrogen) atoms. The molecule has 1 aromatic rings. The summed E-state index contributed by atoms with van der Waals surface area (Å²) in [4.78, 5) is 11.3. The molecule has 1 fully saturated rings. The molecule has 0 bridgehead atoms. The van der Waals surface area contributed by atoms with Gasteiger partial charge in [-0.15, -0.1) is 0 Å². The molecule has 2 rings (SSSR count). The largest absolute Gasteiger partial charge is 0.380 e. The van der Waals surface area contributed by atoms with Crippen LogP contribution in [-0.2, 0) is 11.2 Å². The minimum atomic E-state index is 0.675. The fourth-order valence-electron chi connectivity index (χ4n) is 2.86. The third-order valence-corrected chi connectivity index (χ3v) is 3.85. The summed E-state index contributed by atoms with van der Waals surface area (Å²) in [7, 11) is 1.91. The minimum absolute atomic E-state index is 0.675. The molecule has 0 aliphatic carbocycles. The van der Waals surface area contributed by atoms with E-state index in [1.165, 1.54) is 19.4 Å². The van der Waals surface area contributed by atoms with E-state index in [1.807, 2.05) is 14.0 Å². The summed E-state index contributed by atoms with van der Waals surface area (Å²) in [5.41, 5.74) is 1.09. The maximum Gasteiger partial charge on any atom is 0.147 e. The number of hydrogen-bond acceptors (Lipinski definition) is 5. The van der Waals surface area contributed by atoms with Crippen molar-refractivity contribution in [3.63, 3.8) is 0 Å². The Morgan fingerprint density at radius 3 is 3.05 bits per heavy atom. The Balaban J connectivity index is 1.86. The summed E-state index contributed by atoms with van der Waals surface area (Å²) >= 11 is 0. The Morgan fingerprint density at radius 1 is 1.40 bits per heavy atom. The van der Waals surface area contributed by atoms with Gasteiger partial charge >= 0.3 is 0 Å². The van der Waals surface area contributed by atoms with Crippen molar-refractivity contribution in [2.24, 2.45) is 5.92 Å². The lowest BCUT2D eigenvalue weighted by Crippen LogP contribution is -2.38. The van der Waals surface area contributed by atoms with Gasteiger partial charge in [-0.3, -0.25) is 4.98 Å². The Hall–Kier alpha value is -1.20. The van der Waals surface area contributed by atoms with E-state index < -0.39 is 0 Å². The highest BCUT2D eigenvalue weighted by molar-refractivity contribution is 5.38. The average Bonchev–Trinajstić information content (AvgIpc) is 2.48. The van der Waals surface area contributed by atoms with Crippen LogP contribution in [0.2, 0.25) is 0 Å². The maximum absolute atomic E-state index is 5.45. The molecule has 1 N–H and O–H groups in total. The van der Waals surface area contributed by atoms with Gasteiger partial charge in [0.1, 0.15) is 5.82 Å². The molecule has 1 aromatic heterocycles. The zero-order valence-electron chi connectivity index (χ0n) is 12.6. The molecule has 0 saturated carbocycles. The van der Waals surface area contributed by atoms with E-state index in [-0.39, 0.29) is 0 Å². The van der Waals surface area contributed by atoms with Gasteiger partial charge < -0.3 is 15.0 Å². The van der Waals surface area contributed by atoms with Gasteiger partial charge in [0.2, 0.25) is 0 Å². The molecule has 0 aromatic carbocycles. The number of nitrogens with zero attached hydrogens (tertiary/aromatic N) is 3. The van der Waals surface area contributed by atoms with Gasteiger partial charge in [-0.1, -0.05) is 0 Å². The van der Waals surface area contributed by atoms with Gasteiger partial charge in [0.15, 0.2) is 0 Å². The number of anilines is 1. The quantitative estimate of drug-likeness (QED) is 0.771. The number of likely N-dealkylation sites (tertiary alicyclic amines) is 1. The van der Waals surface area contributed by atoms with Crippen LogP contribution in [0.15, 0.2) is 12.4 Å². The minimum Gasteiger partial charge on any atom is -0.380 e. The fraction of sp³-hybridized carbons (Fsp3) is 0.733. The van der Waals surface area contributed by atoms with E-state index in [0.717, 1.165) is 44.2 Å². The molecule has 1 aliphatic rings. The van der Waals surface area contributed by atoms with Crippen LogP contribution in [0, 0.1) is 5.92 Å². The van der Waals surface area contributed by atoms with Crippen molar-refractivity contribution in [3.8, 4) is 0 Å². The van der Waals surface area contributed by atoms with E-state index in [1.54, 1.807) is 12.4 Å². The Labute approximate surface area is 121 Å². The van der Waals surface area contributed by atoms with E-state index in [2.05, 4.69) is 20.2 Å². The predicted molar refractivity (Wildman–Crippen MR) is 80.9 cm³/mol. The second-order valence-electron chi connectivity index (χ2n) is 5.31. The third-order valence-electron chi connectivity index (χ3n) is 3.85. The lowest BCUT2D eigenvalue weighted by Gasteiger charge is -2.32. The molecule has 0 radical (unpaired) electrons. The summed E-state index contributed by atoms with van der Waals surface area (Å²) in [5, 5.41) is 3.13. The van der Waals surface area contributed by atoms with Gasteiger partial charge in [0, 0.05) is 39.1 Å². The third kappa shape index (κ3) is 4.42. The number of aromatic nitrogens is 2. The van der Waals surface area contributed by atoms with Crippen molar-refractivity contribution >= 4 is 5.82 Å². The molecule has 2 heterocycles. The average molecular weight is 278 g/mol. The van der Waals surface area contributed by atoms with Gasteiger partial charge in [-0.05, 0) is 38.6 Å². The molecular weight excluding hydrogens is 252 g/mol. The first-order valence-electron chi connectivity index (χ1n) is 7.61. The summed E-state index contributed by atoms with van der Waals surface area (Å²) in [6.07, 6.45) is 7.09. The molecular formula is C15H26N4O. The summed E-state index contributed by atoms with van der Waals surface area (Å²) in [5.74, 6) is 1.59. The fourth-order valence-corrected chi connectivity index (χ4v) is 2.86. The Kier molecular flexibility index (Phi) is 6.21. The van der Waals surface area contributed by atoms with Gasteiger partial charge in [-0.25, -0.2) is 4.98 Å². The van der Waals surface area contributed by atoms with Crippen molar-refractivity contribution in [2.45, 2.75) is 26.2 Å². The topological polar surface area (TPSA) is 50.3 Å². The summed E-state index contributed by atoms with van der Waals surface area (Å²) < 4.78 is 5.45. The van der Waals surface area contributed by atoms with E-state index in [4.69, 9.17) is 4.74 Å². The molecule has 0 amide bonds. The first-order chi connectivity index (χ1) is 9.83. The van der Waals surface area contributed by atoms with Crippen LogP contribution in [0.5, 0.6) is 0 Å². The monoisotopic (exact) mass is 278 g/mol. The normalized spacial score (nSPS) is 20.0. The van der Waals surface area contributed by atoms with Crippen LogP contribution in [0.3, 0.4) is 0 Å². The molecule has 5 heteroatoms. The van der Waals surface area contributed by atoms with Crippen molar-refractivity contribution in [1.29, 1.82) is 0 Å². The zero-order chi connectivity index (χ0) is 14.2. The summed E-state index contributed by atoms with van der Waals surface area (Å²) in [6.45, 7) is 7.09. The second kappa shape index (κ2) is 8.17. The lowest BCUT2D eigenvalue weighted by atomic mass is 9.93. The number of piperidine rings is 1. The predicted octanol–water partition coefficient (Wildman–Crippen LogP) is 1.81. The molecule has 1 saturated heterocycles. The number of hydrogen-bond donors (Lipinski definition) is 1. The first-order valence-corrected chi connectivity index (χ1v) is 7.61. The molecule has 1 atom stereocenters. The smallest absolute Gasteiger partial charge is 0.147 e. The standard InChI is InChI=1S/C15H26N4O/c1-3-20-10-9-19-8-4-5-13(12-19)11-14-15(16-2)18-7-6-17-14/h6-7,13H,3-5,8-12H2,1-2H3,(H,16,18)/t13-/m0/s1. The molecule has 1 aliphatic heterocycles. The Morgan fingerprint density at radius 2 is 2.25 bits per heavy atom. The van der Waals surface area contributed by atoms with Gasteiger partial charge in [0.05, 0.1) is 12.3 Å². The highest BCUT2D eigenvalue weighted by Gasteiger charge is 2.21. The maximum atomic E-state index is 5.45. The van der Waals surface area contributed by atoms with Gasteiger partial charge in [-0.2, -0.15) is 0 Å². The van der Waals surface area contributed by atoms with E-state index >= 15 is 0 Å². The van der Waals surface area contributed by atoms with Crippen molar-refractivity contribution in [3.05, 3.63) is 18.1 Å². The molecule has 112 valence electrons. The van der Waals surface area contributed by atoms with Crippen LogP contribution >= 0.6 is 0 Å².